The molecule has 3 heterocycles. The van der Waals surface area contributed by atoms with Crippen LogP contribution in [0.3, 0.4) is 0 Å². The highest BCUT2D eigenvalue weighted by Crippen LogP contribution is 2.41. The molecule has 0 saturated heterocycles. The molecule has 3 aromatic rings. The highest BCUT2D eigenvalue weighted by molar-refractivity contribution is 6.30. The van der Waals surface area contributed by atoms with Gasteiger partial charge in [-0.15, -0.1) is 10.2 Å². The fourth-order valence-corrected chi connectivity index (χ4v) is 5.11. The third-order valence-corrected chi connectivity index (χ3v) is 6.71. The third-order valence-electron chi connectivity index (χ3n) is 6.48. The van der Waals surface area contributed by atoms with Crippen LogP contribution in [0.1, 0.15) is 81.2 Å². The van der Waals surface area contributed by atoms with Crippen molar-refractivity contribution in [2.75, 3.05) is 0 Å². The molecule has 0 atom stereocenters. The van der Waals surface area contributed by atoms with Crippen LogP contribution in [0.5, 0.6) is 0 Å². The summed E-state index contributed by atoms with van der Waals surface area (Å²) in [6, 6.07) is 5.79. The molecule has 0 radical (unpaired) electrons. The molecule has 2 aromatic heterocycles. The SMILES string of the molecule is CC(C)(C)OC(=O)N1Cc2cc(Cl)ccc2-n2c(nnc2C2CCC(c3cnccn3)CC2)C1. The van der Waals surface area contributed by atoms with E-state index in [2.05, 4.69) is 24.7 Å². The van der Waals surface area contributed by atoms with Crippen LogP contribution >= 0.6 is 11.6 Å². The minimum absolute atomic E-state index is 0.283. The lowest BCUT2D eigenvalue weighted by Crippen LogP contribution is -2.35. The zero-order valence-corrected chi connectivity index (χ0v) is 20.5. The van der Waals surface area contributed by atoms with E-state index in [1.54, 1.807) is 17.3 Å². The van der Waals surface area contributed by atoms with Crippen LogP contribution < -0.4 is 0 Å². The first-order valence-corrected chi connectivity index (χ1v) is 12.1. The number of amides is 1. The molecule has 5 rings (SSSR count). The van der Waals surface area contributed by atoms with Crippen LogP contribution in [0.15, 0.2) is 36.8 Å². The molecule has 8 nitrogen and oxygen atoms in total. The average molecular weight is 481 g/mol. The minimum atomic E-state index is -0.582. The third kappa shape index (κ3) is 4.64. The predicted molar refractivity (Wildman–Crippen MR) is 128 cm³/mol. The van der Waals surface area contributed by atoms with Crippen LogP contribution in [0.4, 0.5) is 4.79 Å². The van der Waals surface area contributed by atoms with Gasteiger partial charge in [-0.05, 0) is 70.2 Å². The zero-order valence-electron chi connectivity index (χ0n) is 19.7. The number of benzene rings is 1. The molecule has 1 aliphatic heterocycles. The summed E-state index contributed by atoms with van der Waals surface area (Å²) in [4.78, 5) is 23.4. The second-order valence-corrected chi connectivity index (χ2v) is 10.5. The molecule has 0 bridgehead atoms. The molecule has 1 aromatic carbocycles. The minimum Gasteiger partial charge on any atom is -0.444 e. The lowest BCUT2D eigenvalue weighted by atomic mass is 9.80. The molecular weight excluding hydrogens is 452 g/mol. The summed E-state index contributed by atoms with van der Waals surface area (Å²) in [6.07, 6.45) is 9.03. The Bertz CT molecular complexity index is 1180. The lowest BCUT2D eigenvalue weighted by molar-refractivity contribution is 0.0214. The Balaban J connectivity index is 1.45. The quantitative estimate of drug-likeness (QED) is 0.488. The normalized spacial score (nSPS) is 20.3. The average Bonchev–Trinajstić information content (AvgIpc) is 3.14. The predicted octanol–water partition coefficient (Wildman–Crippen LogP) is 5.40. The van der Waals surface area contributed by atoms with E-state index in [4.69, 9.17) is 16.3 Å². The summed E-state index contributed by atoms with van der Waals surface area (Å²) in [5, 5.41) is 9.78. The van der Waals surface area contributed by atoms with E-state index in [1.165, 1.54) is 0 Å². The molecule has 0 spiro atoms. The fraction of sp³-hybridized carbons (Fsp3) is 0.480. The summed E-state index contributed by atoms with van der Waals surface area (Å²) < 4.78 is 7.78. The summed E-state index contributed by atoms with van der Waals surface area (Å²) in [5.74, 6) is 2.39. The largest absolute Gasteiger partial charge is 0.444 e. The zero-order chi connectivity index (χ0) is 23.9. The number of carbonyl (C=O) groups excluding carboxylic acids is 1. The van der Waals surface area contributed by atoms with Crippen LogP contribution in [0.25, 0.3) is 5.69 Å². The molecule has 2 aliphatic rings. The van der Waals surface area contributed by atoms with Gasteiger partial charge in [-0.3, -0.25) is 19.4 Å². The number of hydrogen-bond acceptors (Lipinski definition) is 6. The van der Waals surface area contributed by atoms with Gasteiger partial charge in [0.25, 0.3) is 0 Å². The molecule has 0 unspecified atom stereocenters. The van der Waals surface area contributed by atoms with E-state index in [1.807, 2.05) is 45.2 Å². The second kappa shape index (κ2) is 8.98. The Morgan fingerprint density at radius 3 is 2.53 bits per heavy atom. The van der Waals surface area contributed by atoms with E-state index in [9.17, 15) is 4.79 Å². The monoisotopic (exact) mass is 480 g/mol. The van der Waals surface area contributed by atoms with Gasteiger partial charge in [0.15, 0.2) is 5.82 Å². The smallest absolute Gasteiger partial charge is 0.411 e. The molecule has 9 heteroatoms. The molecule has 1 fully saturated rings. The van der Waals surface area contributed by atoms with Gasteiger partial charge in [-0.25, -0.2) is 4.79 Å². The van der Waals surface area contributed by atoms with Crippen molar-refractivity contribution in [3.8, 4) is 5.69 Å². The maximum atomic E-state index is 13.0. The molecule has 34 heavy (non-hydrogen) atoms. The van der Waals surface area contributed by atoms with E-state index in [0.717, 1.165) is 54.3 Å². The first-order valence-electron chi connectivity index (χ1n) is 11.8. The van der Waals surface area contributed by atoms with Crippen molar-refractivity contribution in [2.24, 2.45) is 0 Å². The number of fused-ring (bicyclic) bond motifs is 3. The lowest BCUT2D eigenvalue weighted by Gasteiger charge is -2.28. The molecule has 1 amide bonds. The second-order valence-electron chi connectivity index (χ2n) is 10.1. The standard InChI is InChI=1S/C25H29ClN6O2/c1-25(2,3)34-24(33)31-14-18-12-19(26)8-9-21(18)32-22(15-31)29-30-23(32)17-6-4-16(5-7-17)20-13-27-10-11-28-20/h8-13,16-17H,4-7,14-15H2,1-3H3. The maximum Gasteiger partial charge on any atom is 0.411 e. The van der Waals surface area contributed by atoms with Gasteiger partial charge in [0, 0.05) is 35.4 Å². The molecular formula is C25H29ClN6O2. The summed E-state index contributed by atoms with van der Waals surface area (Å²) in [5.41, 5.74) is 2.41. The van der Waals surface area contributed by atoms with Crippen molar-refractivity contribution in [1.82, 2.24) is 29.6 Å². The van der Waals surface area contributed by atoms with Crippen molar-refractivity contribution in [1.29, 1.82) is 0 Å². The van der Waals surface area contributed by atoms with Crippen molar-refractivity contribution >= 4 is 17.7 Å². The highest BCUT2D eigenvalue weighted by Gasteiger charge is 2.33. The number of hydrogen-bond donors (Lipinski definition) is 0. The Labute approximate surface area is 204 Å². The number of nitrogens with zero attached hydrogens (tertiary/aromatic N) is 6. The molecule has 178 valence electrons. The Hall–Kier alpha value is -3.00. The van der Waals surface area contributed by atoms with Crippen LogP contribution in [0.2, 0.25) is 5.02 Å². The topological polar surface area (TPSA) is 86.0 Å². The van der Waals surface area contributed by atoms with Gasteiger partial charge in [0.1, 0.15) is 11.4 Å². The molecule has 1 aliphatic carbocycles. The Morgan fingerprint density at radius 2 is 1.82 bits per heavy atom. The van der Waals surface area contributed by atoms with Crippen LogP contribution in [-0.2, 0) is 17.8 Å². The number of halogens is 1. The summed E-state index contributed by atoms with van der Waals surface area (Å²) in [7, 11) is 0. The van der Waals surface area contributed by atoms with Crippen LogP contribution in [-0.4, -0.2) is 41.3 Å². The van der Waals surface area contributed by atoms with Crippen molar-refractivity contribution in [3.05, 3.63) is 64.7 Å². The summed E-state index contributed by atoms with van der Waals surface area (Å²) in [6.45, 7) is 6.32. The first kappa shape index (κ1) is 22.8. The van der Waals surface area contributed by atoms with Gasteiger partial charge in [-0.2, -0.15) is 0 Å². The van der Waals surface area contributed by atoms with E-state index < -0.39 is 5.60 Å². The van der Waals surface area contributed by atoms with E-state index >= 15 is 0 Å². The van der Waals surface area contributed by atoms with Gasteiger partial charge in [-0.1, -0.05) is 11.6 Å². The van der Waals surface area contributed by atoms with Gasteiger partial charge in [0.2, 0.25) is 0 Å². The molecule has 0 N–H and O–H groups in total. The number of carbonyl (C=O) groups is 1. The van der Waals surface area contributed by atoms with E-state index in [0.29, 0.717) is 24.0 Å². The van der Waals surface area contributed by atoms with Gasteiger partial charge < -0.3 is 4.74 Å². The van der Waals surface area contributed by atoms with Crippen molar-refractivity contribution in [2.45, 2.75) is 77.0 Å². The summed E-state index contributed by atoms with van der Waals surface area (Å²) >= 11 is 6.34. The Kier molecular flexibility index (Phi) is 6.02. The highest BCUT2D eigenvalue weighted by atomic mass is 35.5. The fourth-order valence-electron chi connectivity index (χ4n) is 4.92. The van der Waals surface area contributed by atoms with Gasteiger partial charge in [0.05, 0.1) is 24.5 Å². The Morgan fingerprint density at radius 1 is 1.06 bits per heavy atom. The number of ether oxygens (including phenoxy) is 1. The number of aromatic nitrogens is 5. The van der Waals surface area contributed by atoms with Crippen LogP contribution in [0, 0.1) is 0 Å². The van der Waals surface area contributed by atoms with Crippen molar-refractivity contribution in [3.63, 3.8) is 0 Å². The van der Waals surface area contributed by atoms with E-state index in [-0.39, 0.29) is 12.0 Å². The van der Waals surface area contributed by atoms with Crippen molar-refractivity contribution < 1.29 is 9.53 Å². The first-order chi connectivity index (χ1) is 16.3. The number of rotatable bonds is 2. The maximum absolute atomic E-state index is 13.0. The molecule has 1 saturated carbocycles. The van der Waals surface area contributed by atoms with Gasteiger partial charge >= 0.3 is 6.09 Å².